The molecule has 2 saturated heterocycles. The Hall–Kier alpha value is -1.18. The van der Waals surface area contributed by atoms with Crippen molar-refractivity contribution in [2.24, 2.45) is 0 Å². The molecule has 0 unspecified atom stereocenters. The van der Waals surface area contributed by atoms with Crippen LogP contribution >= 0.6 is 15.9 Å². The molecule has 0 N–H and O–H groups in total. The van der Waals surface area contributed by atoms with E-state index in [1.54, 1.807) is 0 Å². The third-order valence-corrected chi connectivity index (χ3v) is 5.08. The molecule has 1 aromatic carbocycles. The molecule has 7 heteroatoms. The van der Waals surface area contributed by atoms with Gasteiger partial charge in [-0.15, -0.1) is 0 Å². The Morgan fingerprint density at radius 1 is 1.33 bits per heavy atom. The fraction of sp³-hybridized carbons (Fsp3) is 0.588. The first kappa shape index (κ1) is 17.6. The number of nitrogens with zero attached hydrogens (tertiary/aromatic N) is 2. The van der Waals surface area contributed by atoms with E-state index in [1.807, 2.05) is 4.90 Å². The van der Waals surface area contributed by atoms with E-state index in [0.717, 1.165) is 39.1 Å². The molecule has 0 spiro atoms. The lowest BCUT2D eigenvalue weighted by Crippen LogP contribution is -2.51. The standard InChI is InChI=1S/C17H22BrFN2O3/c18-15-10-13(19)3-4-16(15)24-12-17(22)21-7-5-20(6-8-21)11-14-2-1-9-23-14/h3-4,10,14H,1-2,5-9,11-12H2/t14-/m1/s1. The normalized spacial score (nSPS) is 21.9. The number of halogens is 2. The van der Waals surface area contributed by atoms with Gasteiger partial charge in [0.25, 0.3) is 5.91 Å². The SMILES string of the molecule is O=C(COc1ccc(F)cc1Br)N1CCN(C[C@H]2CCCO2)CC1. The third-order valence-electron chi connectivity index (χ3n) is 4.46. The van der Waals surface area contributed by atoms with Crippen molar-refractivity contribution >= 4 is 21.8 Å². The van der Waals surface area contributed by atoms with E-state index in [9.17, 15) is 9.18 Å². The van der Waals surface area contributed by atoms with Crippen molar-refractivity contribution in [2.75, 3.05) is 45.9 Å². The number of piperazine rings is 1. The summed E-state index contributed by atoms with van der Waals surface area (Å²) in [6.45, 7) is 4.95. The van der Waals surface area contributed by atoms with E-state index in [-0.39, 0.29) is 18.3 Å². The molecule has 0 saturated carbocycles. The zero-order chi connectivity index (χ0) is 16.9. The van der Waals surface area contributed by atoms with Crippen LogP contribution in [-0.2, 0) is 9.53 Å². The summed E-state index contributed by atoms with van der Waals surface area (Å²) < 4.78 is 24.7. The Balaban J connectivity index is 1.41. The minimum Gasteiger partial charge on any atom is -0.483 e. The predicted molar refractivity (Wildman–Crippen MR) is 91.6 cm³/mol. The van der Waals surface area contributed by atoms with E-state index >= 15 is 0 Å². The van der Waals surface area contributed by atoms with Crippen molar-refractivity contribution in [2.45, 2.75) is 18.9 Å². The minimum absolute atomic E-state index is 0.0318. The lowest BCUT2D eigenvalue weighted by atomic mass is 10.2. The van der Waals surface area contributed by atoms with Crippen LogP contribution in [-0.4, -0.2) is 67.7 Å². The number of benzene rings is 1. The molecule has 3 rings (SSSR count). The molecule has 5 nitrogen and oxygen atoms in total. The smallest absolute Gasteiger partial charge is 0.260 e. The summed E-state index contributed by atoms with van der Waals surface area (Å²) >= 11 is 3.23. The Labute approximate surface area is 149 Å². The van der Waals surface area contributed by atoms with E-state index in [2.05, 4.69) is 20.8 Å². The number of amides is 1. The molecule has 1 aromatic rings. The molecule has 2 heterocycles. The van der Waals surface area contributed by atoms with Gasteiger partial charge in [0.05, 0.1) is 10.6 Å². The van der Waals surface area contributed by atoms with Gasteiger partial charge in [-0.2, -0.15) is 0 Å². The van der Waals surface area contributed by atoms with Crippen molar-refractivity contribution in [1.82, 2.24) is 9.80 Å². The van der Waals surface area contributed by atoms with E-state index < -0.39 is 0 Å². The van der Waals surface area contributed by atoms with Crippen LogP contribution in [0.1, 0.15) is 12.8 Å². The zero-order valence-corrected chi connectivity index (χ0v) is 15.1. The number of hydrogen-bond acceptors (Lipinski definition) is 4. The molecule has 2 fully saturated rings. The predicted octanol–water partition coefficient (Wildman–Crippen LogP) is 2.29. The molecule has 0 bridgehead atoms. The average molecular weight is 401 g/mol. The molecule has 1 amide bonds. The molecule has 24 heavy (non-hydrogen) atoms. The maximum absolute atomic E-state index is 13.0. The van der Waals surface area contributed by atoms with Gasteiger partial charge in [-0.25, -0.2) is 4.39 Å². The van der Waals surface area contributed by atoms with Crippen LogP contribution in [0, 0.1) is 5.82 Å². The van der Waals surface area contributed by atoms with Crippen molar-refractivity contribution in [3.05, 3.63) is 28.5 Å². The van der Waals surface area contributed by atoms with Gasteiger partial charge in [0.15, 0.2) is 6.61 Å². The fourth-order valence-electron chi connectivity index (χ4n) is 3.08. The van der Waals surface area contributed by atoms with Crippen molar-refractivity contribution in [1.29, 1.82) is 0 Å². The minimum atomic E-state index is -0.345. The molecule has 0 aromatic heterocycles. The molecular weight excluding hydrogens is 379 g/mol. The number of carbonyl (C=O) groups is 1. The molecule has 2 aliphatic heterocycles. The maximum Gasteiger partial charge on any atom is 0.260 e. The van der Waals surface area contributed by atoms with Gasteiger partial charge in [-0.3, -0.25) is 9.69 Å². The van der Waals surface area contributed by atoms with Gasteiger partial charge in [0.2, 0.25) is 0 Å². The Morgan fingerprint density at radius 3 is 2.79 bits per heavy atom. The fourth-order valence-corrected chi connectivity index (χ4v) is 3.54. The van der Waals surface area contributed by atoms with Crippen LogP contribution in [0.2, 0.25) is 0 Å². The Morgan fingerprint density at radius 2 is 2.12 bits per heavy atom. The highest BCUT2D eigenvalue weighted by Crippen LogP contribution is 2.25. The van der Waals surface area contributed by atoms with Gasteiger partial charge in [0, 0.05) is 39.3 Å². The van der Waals surface area contributed by atoms with E-state index in [0.29, 0.717) is 29.4 Å². The number of ether oxygens (including phenoxy) is 2. The Bertz CT molecular complexity index is 573. The lowest BCUT2D eigenvalue weighted by Gasteiger charge is -2.35. The summed E-state index contributed by atoms with van der Waals surface area (Å²) in [5.41, 5.74) is 0. The third kappa shape index (κ3) is 4.68. The van der Waals surface area contributed by atoms with Crippen molar-refractivity contribution in [3.8, 4) is 5.75 Å². The second-order valence-corrected chi connectivity index (χ2v) is 7.03. The quantitative estimate of drug-likeness (QED) is 0.760. The molecule has 0 aliphatic carbocycles. The summed E-state index contributed by atoms with van der Waals surface area (Å²) in [4.78, 5) is 16.5. The van der Waals surface area contributed by atoms with Crippen LogP contribution in [0.4, 0.5) is 4.39 Å². The maximum atomic E-state index is 13.0. The summed E-state index contributed by atoms with van der Waals surface area (Å²) in [5.74, 6) is 0.0904. The van der Waals surface area contributed by atoms with Gasteiger partial charge < -0.3 is 14.4 Å². The largest absolute Gasteiger partial charge is 0.483 e. The van der Waals surface area contributed by atoms with E-state index in [1.165, 1.54) is 18.2 Å². The monoisotopic (exact) mass is 400 g/mol. The van der Waals surface area contributed by atoms with Crippen molar-refractivity contribution in [3.63, 3.8) is 0 Å². The molecular formula is C17H22BrFN2O3. The van der Waals surface area contributed by atoms with Crippen LogP contribution in [0.5, 0.6) is 5.75 Å². The highest BCUT2D eigenvalue weighted by molar-refractivity contribution is 9.10. The summed E-state index contributed by atoms with van der Waals surface area (Å²) in [6.07, 6.45) is 2.64. The lowest BCUT2D eigenvalue weighted by molar-refractivity contribution is -0.135. The summed E-state index contributed by atoms with van der Waals surface area (Å²) in [6, 6.07) is 4.16. The number of carbonyl (C=O) groups excluding carboxylic acids is 1. The summed E-state index contributed by atoms with van der Waals surface area (Å²) in [7, 11) is 0. The van der Waals surface area contributed by atoms with Crippen molar-refractivity contribution < 1.29 is 18.7 Å². The van der Waals surface area contributed by atoms with Crippen LogP contribution in [0.15, 0.2) is 22.7 Å². The first-order valence-corrected chi connectivity index (χ1v) is 9.11. The van der Waals surface area contributed by atoms with Gasteiger partial charge in [-0.1, -0.05) is 0 Å². The van der Waals surface area contributed by atoms with E-state index in [4.69, 9.17) is 9.47 Å². The van der Waals surface area contributed by atoms with Crippen LogP contribution in [0.25, 0.3) is 0 Å². The van der Waals surface area contributed by atoms with Crippen LogP contribution in [0.3, 0.4) is 0 Å². The highest BCUT2D eigenvalue weighted by Gasteiger charge is 2.25. The number of rotatable bonds is 5. The second kappa shape index (κ2) is 8.27. The highest BCUT2D eigenvalue weighted by atomic mass is 79.9. The Kier molecular flexibility index (Phi) is 6.08. The molecule has 2 aliphatic rings. The molecule has 0 radical (unpaired) electrons. The van der Waals surface area contributed by atoms with Gasteiger partial charge in [-0.05, 0) is 47.0 Å². The van der Waals surface area contributed by atoms with Gasteiger partial charge in [0.1, 0.15) is 11.6 Å². The zero-order valence-electron chi connectivity index (χ0n) is 13.5. The second-order valence-electron chi connectivity index (χ2n) is 6.18. The molecule has 132 valence electrons. The average Bonchev–Trinajstić information content (AvgIpc) is 3.07. The van der Waals surface area contributed by atoms with Crippen LogP contribution < -0.4 is 4.74 Å². The topological polar surface area (TPSA) is 42.0 Å². The van der Waals surface area contributed by atoms with Gasteiger partial charge >= 0.3 is 0 Å². The first-order valence-electron chi connectivity index (χ1n) is 8.31. The molecule has 1 atom stereocenters. The summed E-state index contributed by atoms with van der Waals surface area (Å²) in [5, 5.41) is 0. The first-order chi connectivity index (χ1) is 11.6. The number of hydrogen-bond donors (Lipinski definition) is 0.